The van der Waals surface area contributed by atoms with Crippen molar-refractivity contribution in [2.24, 2.45) is 0 Å². The standard InChI is InChI=1S/C9H11.C2H6.Rf/c1-3-9-6-4-5-8(2)7-9;1-2;/h5-7H,3H2,1-2H3;1-2H3;/q-1;;. The maximum atomic E-state index is 3.08. The molecule has 64 valence electrons. The first-order valence-corrected chi connectivity index (χ1v) is 4.29. The number of hydrogen-bond acceptors (Lipinski definition) is 0. The molecule has 0 aliphatic heterocycles. The molecule has 0 unspecified atom stereocenters. The van der Waals surface area contributed by atoms with Crippen LogP contribution in [-0.2, 0) is 6.42 Å². The molecule has 0 aliphatic rings. The molecule has 1 heteroatoms. The summed E-state index contributed by atoms with van der Waals surface area (Å²) in [7, 11) is 0. The molecule has 0 nitrogen and oxygen atoms in total. The van der Waals surface area contributed by atoms with Gasteiger partial charge in [0.25, 0.3) is 0 Å². The van der Waals surface area contributed by atoms with Crippen LogP contribution in [0.1, 0.15) is 31.9 Å². The fourth-order valence-corrected chi connectivity index (χ4v) is 0.860. The fraction of sp³-hybridized carbons (Fsp3) is 0.455. The smallest absolute Gasteiger partial charge is 0 e. The SMILES string of the molecule is CC.CCc1c[c-]cc(C)c1.[Rf]. The zero-order valence-corrected chi connectivity index (χ0v) is 15.0. The second-order valence-corrected chi connectivity index (χ2v) is 2.27. The van der Waals surface area contributed by atoms with Crippen LogP contribution in [0.25, 0.3) is 0 Å². The minimum Gasteiger partial charge on any atom is -0.183 e. The second kappa shape index (κ2) is 7.33. The molecule has 0 heterocycles. The number of aryl methyl sites for hydroxylation is 2. The van der Waals surface area contributed by atoms with E-state index in [1.807, 2.05) is 26.0 Å². The van der Waals surface area contributed by atoms with E-state index in [9.17, 15) is 0 Å². The van der Waals surface area contributed by atoms with Crippen LogP contribution in [0.3, 0.4) is 0 Å². The molecule has 0 spiro atoms. The summed E-state index contributed by atoms with van der Waals surface area (Å²) in [6, 6.07) is 9.31. The summed E-state index contributed by atoms with van der Waals surface area (Å²) in [5.41, 5.74) is 2.67. The molecule has 1 aromatic carbocycles. The van der Waals surface area contributed by atoms with Crippen molar-refractivity contribution in [3.8, 4) is 0 Å². The molecule has 0 saturated carbocycles. The Morgan fingerprint density at radius 1 is 1.25 bits per heavy atom. The summed E-state index contributed by atoms with van der Waals surface area (Å²) < 4.78 is 0. The Bertz CT molecular complexity index is 194. The first-order valence-electron chi connectivity index (χ1n) is 4.29. The van der Waals surface area contributed by atoms with E-state index in [0.717, 1.165) is 6.42 Å². The normalized spacial score (nSPS) is 7.67. The average Bonchev–Trinajstić information content (AvgIpc) is 2.08. The van der Waals surface area contributed by atoms with Gasteiger partial charge in [0.1, 0.15) is 0 Å². The van der Waals surface area contributed by atoms with E-state index in [4.69, 9.17) is 0 Å². The van der Waals surface area contributed by atoms with Crippen LogP contribution in [0.4, 0.5) is 0 Å². The van der Waals surface area contributed by atoms with Gasteiger partial charge in [-0.15, -0.1) is 0 Å². The Kier molecular flexibility index (Phi) is 7.85. The summed E-state index contributed by atoms with van der Waals surface area (Å²) in [4.78, 5) is 0. The van der Waals surface area contributed by atoms with Crippen molar-refractivity contribution in [3.05, 3.63) is 35.4 Å². The van der Waals surface area contributed by atoms with E-state index in [2.05, 4.69) is 26.0 Å². The third-order valence-electron chi connectivity index (χ3n) is 1.40. The van der Waals surface area contributed by atoms with Crippen LogP contribution >= 0.6 is 0 Å². The van der Waals surface area contributed by atoms with Crippen molar-refractivity contribution in [1.82, 2.24) is 0 Å². The number of benzene rings is 1. The van der Waals surface area contributed by atoms with Gasteiger partial charge in [0.05, 0.1) is 0 Å². The van der Waals surface area contributed by atoms with E-state index >= 15 is 0 Å². The molecule has 0 fully saturated rings. The molecule has 0 radical (unpaired) electrons. The summed E-state index contributed by atoms with van der Waals surface area (Å²) in [6.45, 7) is 8.25. The molecule has 0 bridgehead atoms. The monoisotopic (exact) mass is 416 g/mol. The van der Waals surface area contributed by atoms with Gasteiger partial charge < -0.3 is 0 Å². The van der Waals surface area contributed by atoms with Crippen molar-refractivity contribution < 1.29 is 0 Å². The van der Waals surface area contributed by atoms with Gasteiger partial charge in [0.2, 0.25) is 0 Å². The van der Waals surface area contributed by atoms with Gasteiger partial charge in [-0.1, -0.05) is 34.1 Å². The van der Waals surface area contributed by atoms with Crippen LogP contribution < -0.4 is 0 Å². The molecule has 0 atom stereocenters. The Balaban J connectivity index is 0. The summed E-state index contributed by atoms with van der Waals surface area (Å²) >= 11 is 0. The summed E-state index contributed by atoms with van der Waals surface area (Å²) in [5.74, 6) is 0. The van der Waals surface area contributed by atoms with E-state index < -0.39 is 0 Å². The predicted octanol–water partition coefficient (Wildman–Crippen LogP) is 3.38. The Morgan fingerprint density at radius 3 is 2.17 bits per heavy atom. The fourth-order valence-electron chi connectivity index (χ4n) is 0.860. The van der Waals surface area contributed by atoms with Gasteiger partial charge in [0, 0.05) is 0 Å². The van der Waals surface area contributed by atoms with E-state index in [1.54, 1.807) is 0 Å². The largest absolute Gasteiger partial charge is 0.183 e. The van der Waals surface area contributed by atoms with Crippen molar-refractivity contribution in [2.75, 3.05) is 0 Å². The summed E-state index contributed by atoms with van der Waals surface area (Å²) in [5, 5.41) is 0. The number of hydrogen-bond donors (Lipinski definition) is 0. The second-order valence-electron chi connectivity index (χ2n) is 2.27. The minimum absolute atomic E-state index is 0. The molecular formula is C11H17Rf-. The van der Waals surface area contributed by atoms with Crippen molar-refractivity contribution in [2.45, 2.75) is 34.1 Å². The van der Waals surface area contributed by atoms with E-state index in [-0.39, 0.29) is 0 Å². The van der Waals surface area contributed by atoms with Gasteiger partial charge in [0.15, 0.2) is 0 Å². The number of rotatable bonds is 1. The molecule has 1 rings (SSSR count). The van der Waals surface area contributed by atoms with Crippen LogP contribution in [0.15, 0.2) is 18.2 Å². The van der Waals surface area contributed by atoms with Gasteiger partial charge in [-0.2, -0.15) is 35.4 Å². The molecule has 1 aromatic rings. The molecule has 0 aromatic heterocycles. The first kappa shape index (κ1) is 12.9. The van der Waals surface area contributed by atoms with Crippen molar-refractivity contribution >= 4 is 0 Å². The van der Waals surface area contributed by atoms with Crippen LogP contribution in [0.2, 0.25) is 0 Å². The molecule has 0 amide bonds. The topological polar surface area (TPSA) is 0 Å². The van der Waals surface area contributed by atoms with Crippen LogP contribution in [0, 0.1) is 13.0 Å². The maximum absolute atomic E-state index is 3.08. The molecule has 0 aliphatic carbocycles. The quantitative estimate of drug-likeness (QED) is 0.616. The van der Waals surface area contributed by atoms with Gasteiger partial charge in [-0.25, -0.2) is 0 Å². The average molecular weight is 416 g/mol. The Labute approximate surface area is 70.3 Å². The molecule has 0 N–H and O–H groups in total. The first-order chi connectivity index (χ1) is 5.33. The third kappa shape index (κ3) is 4.10. The predicted molar refractivity (Wildman–Crippen MR) is 50.7 cm³/mol. The van der Waals surface area contributed by atoms with E-state index in [1.165, 1.54) is 11.1 Å². The van der Waals surface area contributed by atoms with Crippen LogP contribution in [-0.4, -0.2) is 0 Å². The van der Waals surface area contributed by atoms with Crippen molar-refractivity contribution in [1.29, 1.82) is 0 Å². The Morgan fingerprint density at radius 2 is 1.83 bits per heavy atom. The Hall–Kier alpha value is -1.78. The molecular weight excluding hydrogens is 399 g/mol. The maximum Gasteiger partial charge on any atom is 0 e. The molecule has 0 saturated heterocycles. The summed E-state index contributed by atoms with van der Waals surface area (Å²) in [6.07, 6.45) is 1.11. The third-order valence-corrected chi connectivity index (χ3v) is 1.40. The zero-order chi connectivity index (χ0) is 8.69. The molecule has 12 heavy (non-hydrogen) atoms. The zero-order valence-electron chi connectivity index (χ0n) is 8.65. The van der Waals surface area contributed by atoms with E-state index in [0.29, 0.717) is 0 Å². The van der Waals surface area contributed by atoms with Gasteiger partial charge >= 0.3 is 0 Å². The van der Waals surface area contributed by atoms with Crippen LogP contribution in [0.5, 0.6) is 0 Å². The van der Waals surface area contributed by atoms with Crippen molar-refractivity contribution in [3.63, 3.8) is 0 Å². The minimum atomic E-state index is 0. The van der Waals surface area contributed by atoms with Gasteiger partial charge in [-0.3, -0.25) is 0 Å². The van der Waals surface area contributed by atoms with Gasteiger partial charge in [-0.05, 0) is 0 Å².